The zero-order chi connectivity index (χ0) is 14.9. The van der Waals surface area contributed by atoms with Crippen LogP contribution in [0.5, 0.6) is 0 Å². The molecule has 0 spiro atoms. The number of aromatic nitrogens is 1. The van der Waals surface area contributed by atoms with E-state index in [1.165, 1.54) is 4.31 Å². The Hall–Kier alpha value is -1.92. The van der Waals surface area contributed by atoms with Crippen molar-refractivity contribution in [2.75, 3.05) is 13.1 Å². The van der Waals surface area contributed by atoms with Gasteiger partial charge in [-0.1, -0.05) is 47.1 Å². The lowest BCUT2D eigenvalue weighted by Gasteiger charge is -2.13. The second-order valence-corrected chi connectivity index (χ2v) is 7.06. The highest BCUT2D eigenvalue weighted by atomic mass is 32.2. The number of nitrogens with zero attached hydrogens (tertiary/aromatic N) is 2. The summed E-state index contributed by atoms with van der Waals surface area (Å²) >= 11 is 0. The predicted molar refractivity (Wildman–Crippen MR) is 80.0 cm³/mol. The van der Waals surface area contributed by atoms with Gasteiger partial charge in [0.05, 0.1) is 0 Å². The highest BCUT2D eigenvalue weighted by Gasteiger charge is 2.24. The molecule has 110 valence electrons. The third kappa shape index (κ3) is 3.06. The maximum absolute atomic E-state index is 12.2. The van der Waals surface area contributed by atoms with Crippen LogP contribution in [-0.4, -0.2) is 31.0 Å². The maximum atomic E-state index is 12.2. The quantitative estimate of drug-likeness (QED) is 0.813. The molecule has 1 aromatic heterocycles. The van der Waals surface area contributed by atoms with Crippen LogP contribution >= 0.6 is 0 Å². The van der Waals surface area contributed by atoms with Crippen LogP contribution in [-0.2, 0) is 15.8 Å². The number of sulfonamides is 1. The number of hydrogen-bond acceptors (Lipinski definition) is 4. The Kier molecular flexibility index (Phi) is 3.65. The Bertz CT molecular complexity index is 752. The van der Waals surface area contributed by atoms with E-state index in [9.17, 15) is 8.42 Å². The van der Waals surface area contributed by atoms with Crippen LogP contribution in [0.1, 0.15) is 11.3 Å². The van der Waals surface area contributed by atoms with Crippen molar-refractivity contribution in [3.05, 3.63) is 53.8 Å². The molecule has 0 bridgehead atoms. The normalized spacial score (nSPS) is 15.7. The molecule has 0 saturated carbocycles. The van der Waals surface area contributed by atoms with Crippen molar-refractivity contribution < 1.29 is 12.9 Å². The van der Waals surface area contributed by atoms with E-state index >= 15 is 0 Å². The predicted octanol–water partition coefficient (Wildman–Crippen LogP) is 2.35. The molecule has 0 N–H and O–H groups in total. The summed E-state index contributed by atoms with van der Waals surface area (Å²) in [7, 11) is -3.35. The maximum Gasteiger partial charge on any atom is 0.222 e. The van der Waals surface area contributed by atoms with Crippen molar-refractivity contribution >= 4 is 10.0 Å². The van der Waals surface area contributed by atoms with E-state index in [0.29, 0.717) is 24.5 Å². The van der Waals surface area contributed by atoms with Crippen LogP contribution in [0.3, 0.4) is 0 Å². The van der Waals surface area contributed by atoms with Gasteiger partial charge < -0.3 is 4.52 Å². The van der Waals surface area contributed by atoms with Crippen molar-refractivity contribution in [3.63, 3.8) is 0 Å². The summed E-state index contributed by atoms with van der Waals surface area (Å²) in [6, 6.07) is 9.53. The zero-order valence-electron chi connectivity index (χ0n) is 11.7. The van der Waals surface area contributed by atoms with Gasteiger partial charge in [0.15, 0.2) is 5.76 Å². The topological polar surface area (TPSA) is 63.4 Å². The first-order valence-corrected chi connectivity index (χ1v) is 8.31. The molecule has 0 amide bonds. The molecule has 0 saturated heterocycles. The molecule has 3 rings (SSSR count). The minimum Gasteiger partial charge on any atom is -0.360 e. The Morgan fingerprint density at radius 3 is 2.52 bits per heavy atom. The molecule has 2 aromatic rings. The molecular formula is C15H16N2O3S. The second kappa shape index (κ2) is 5.46. The van der Waals surface area contributed by atoms with Crippen molar-refractivity contribution in [1.82, 2.24) is 9.46 Å². The lowest BCUT2D eigenvalue weighted by molar-refractivity contribution is 0.391. The van der Waals surface area contributed by atoms with E-state index in [1.807, 2.05) is 43.3 Å². The first-order valence-electron chi connectivity index (χ1n) is 6.70. The summed E-state index contributed by atoms with van der Waals surface area (Å²) in [5.74, 6) is 0.200. The molecule has 0 fully saturated rings. The molecule has 2 heterocycles. The molecule has 21 heavy (non-hydrogen) atoms. The summed E-state index contributed by atoms with van der Waals surface area (Å²) < 4.78 is 31.0. The molecule has 1 aromatic carbocycles. The molecule has 1 aliphatic rings. The molecule has 0 radical (unpaired) electrons. The van der Waals surface area contributed by atoms with Crippen LogP contribution in [0.25, 0.3) is 11.3 Å². The van der Waals surface area contributed by atoms with Crippen LogP contribution < -0.4 is 0 Å². The molecular weight excluding hydrogens is 288 g/mol. The van der Waals surface area contributed by atoms with E-state index < -0.39 is 10.0 Å². The van der Waals surface area contributed by atoms with Crippen molar-refractivity contribution in [2.45, 2.75) is 12.7 Å². The van der Waals surface area contributed by atoms with Gasteiger partial charge in [0.25, 0.3) is 0 Å². The van der Waals surface area contributed by atoms with E-state index in [2.05, 4.69) is 5.16 Å². The summed E-state index contributed by atoms with van der Waals surface area (Å²) in [6.45, 7) is 2.87. The van der Waals surface area contributed by atoms with E-state index in [4.69, 9.17) is 4.52 Å². The highest BCUT2D eigenvalue weighted by molar-refractivity contribution is 7.88. The summed E-state index contributed by atoms with van der Waals surface area (Å²) in [4.78, 5) is 0. The van der Waals surface area contributed by atoms with Crippen molar-refractivity contribution in [3.8, 4) is 11.3 Å². The average Bonchev–Trinajstić information content (AvgIpc) is 3.10. The van der Waals surface area contributed by atoms with Gasteiger partial charge in [-0.25, -0.2) is 8.42 Å². The molecule has 6 heteroatoms. The van der Waals surface area contributed by atoms with Gasteiger partial charge >= 0.3 is 0 Å². The number of rotatable bonds is 4. The monoisotopic (exact) mass is 304 g/mol. The third-order valence-corrected chi connectivity index (χ3v) is 5.14. The lowest BCUT2D eigenvalue weighted by Crippen LogP contribution is -2.29. The number of aryl methyl sites for hydroxylation is 1. The van der Waals surface area contributed by atoms with Gasteiger partial charge in [0, 0.05) is 24.7 Å². The number of hydrogen-bond donors (Lipinski definition) is 0. The van der Waals surface area contributed by atoms with Crippen LogP contribution in [0.2, 0.25) is 0 Å². The average molecular weight is 304 g/mol. The summed E-state index contributed by atoms with van der Waals surface area (Å²) in [6.07, 6.45) is 3.69. The second-order valence-electron chi connectivity index (χ2n) is 5.09. The zero-order valence-corrected chi connectivity index (χ0v) is 12.5. The first kappa shape index (κ1) is 14.0. The van der Waals surface area contributed by atoms with Crippen LogP contribution in [0, 0.1) is 6.92 Å². The van der Waals surface area contributed by atoms with Gasteiger partial charge in [-0.2, -0.15) is 4.31 Å². The number of benzene rings is 1. The third-order valence-electron chi connectivity index (χ3n) is 3.41. The largest absolute Gasteiger partial charge is 0.360 e. The Morgan fingerprint density at radius 2 is 1.86 bits per heavy atom. The molecule has 5 nitrogen and oxygen atoms in total. The van der Waals surface area contributed by atoms with Gasteiger partial charge in [0.1, 0.15) is 11.4 Å². The van der Waals surface area contributed by atoms with Crippen LogP contribution in [0.15, 0.2) is 47.0 Å². The Labute approximate surface area is 123 Å². The van der Waals surface area contributed by atoms with Gasteiger partial charge in [-0.15, -0.1) is 0 Å². The molecule has 0 unspecified atom stereocenters. The lowest BCUT2D eigenvalue weighted by atomic mass is 10.1. The molecule has 0 atom stereocenters. The Balaban J connectivity index is 1.77. The first-order chi connectivity index (χ1) is 10.0. The SMILES string of the molecule is Cc1ccc(-c2cc(CS(=O)(=O)N3CC=CC3)on2)cc1. The van der Waals surface area contributed by atoms with Crippen molar-refractivity contribution in [2.24, 2.45) is 0 Å². The molecule has 1 aliphatic heterocycles. The fraction of sp³-hybridized carbons (Fsp3) is 0.267. The van der Waals surface area contributed by atoms with Crippen molar-refractivity contribution in [1.29, 1.82) is 0 Å². The van der Waals surface area contributed by atoms with Gasteiger partial charge in [0.2, 0.25) is 10.0 Å². The van der Waals surface area contributed by atoms with Crippen LogP contribution in [0.4, 0.5) is 0 Å². The minimum absolute atomic E-state index is 0.159. The summed E-state index contributed by atoms with van der Waals surface area (Å²) in [5, 5.41) is 3.95. The fourth-order valence-corrected chi connectivity index (χ4v) is 3.50. The van der Waals surface area contributed by atoms with Gasteiger partial charge in [-0.3, -0.25) is 0 Å². The van der Waals surface area contributed by atoms with E-state index in [0.717, 1.165) is 11.1 Å². The standard InChI is InChI=1S/C15H16N2O3S/c1-12-4-6-13(7-5-12)15-10-14(20-16-15)11-21(18,19)17-8-2-3-9-17/h2-7,10H,8-9,11H2,1H3. The van der Waals surface area contributed by atoms with Gasteiger partial charge in [-0.05, 0) is 6.92 Å². The summed E-state index contributed by atoms with van der Waals surface area (Å²) in [5.41, 5.74) is 2.72. The highest BCUT2D eigenvalue weighted by Crippen LogP contribution is 2.21. The van der Waals surface area contributed by atoms with E-state index in [-0.39, 0.29) is 5.75 Å². The molecule has 0 aliphatic carbocycles. The Morgan fingerprint density at radius 1 is 1.19 bits per heavy atom. The minimum atomic E-state index is -3.35. The smallest absolute Gasteiger partial charge is 0.222 e. The fourth-order valence-electron chi connectivity index (χ4n) is 2.20. The van der Waals surface area contributed by atoms with E-state index in [1.54, 1.807) is 6.07 Å².